The van der Waals surface area contributed by atoms with Crippen LogP contribution < -0.4 is 21.4 Å². The van der Waals surface area contributed by atoms with Crippen molar-refractivity contribution in [2.24, 2.45) is 5.41 Å². The third-order valence-corrected chi connectivity index (χ3v) is 5.66. The van der Waals surface area contributed by atoms with Gasteiger partial charge < -0.3 is 16.0 Å². The Morgan fingerprint density at radius 1 is 0.853 bits per heavy atom. The van der Waals surface area contributed by atoms with Crippen LogP contribution in [0.2, 0.25) is 0 Å². The summed E-state index contributed by atoms with van der Waals surface area (Å²) < 4.78 is 0. The van der Waals surface area contributed by atoms with E-state index in [0.29, 0.717) is 18.4 Å². The van der Waals surface area contributed by atoms with Gasteiger partial charge in [-0.15, -0.1) is 0 Å². The topological polar surface area (TPSA) is 137 Å². The zero-order valence-corrected chi connectivity index (χ0v) is 20.9. The van der Waals surface area contributed by atoms with Gasteiger partial charge in [0, 0.05) is 7.05 Å². The lowest BCUT2D eigenvalue weighted by atomic mass is 9.85. The molecule has 5 N–H and O–H groups in total. The van der Waals surface area contributed by atoms with Crippen molar-refractivity contribution in [2.45, 2.75) is 84.2 Å². The summed E-state index contributed by atoms with van der Waals surface area (Å²) in [5, 5.41) is 17.2. The van der Waals surface area contributed by atoms with Crippen molar-refractivity contribution >= 4 is 23.6 Å². The highest BCUT2D eigenvalue weighted by molar-refractivity contribution is 6.06. The molecule has 0 fully saturated rings. The predicted octanol–water partition coefficient (Wildman–Crippen LogP) is 2.40. The lowest BCUT2D eigenvalue weighted by Crippen LogP contribution is -2.58. The van der Waals surface area contributed by atoms with Crippen molar-refractivity contribution in [3.8, 4) is 0 Å². The maximum absolute atomic E-state index is 13.2. The predicted molar refractivity (Wildman–Crippen MR) is 130 cm³/mol. The van der Waals surface area contributed by atoms with E-state index < -0.39 is 41.1 Å². The molecule has 0 aliphatic heterocycles. The molecule has 0 aliphatic rings. The number of benzene rings is 1. The van der Waals surface area contributed by atoms with E-state index in [1.54, 1.807) is 30.3 Å². The van der Waals surface area contributed by atoms with Crippen LogP contribution in [0.5, 0.6) is 0 Å². The zero-order valence-electron chi connectivity index (χ0n) is 20.9. The molecule has 3 unspecified atom stereocenters. The number of nitrogens with one attached hydrogen (secondary N) is 4. The number of hydrogen-bond donors (Lipinski definition) is 5. The number of hydroxylamine groups is 1. The fourth-order valence-corrected chi connectivity index (χ4v) is 3.67. The Labute approximate surface area is 202 Å². The van der Waals surface area contributed by atoms with Crippen molar-refractivity contribution in [3.05, 3.63) is 35.9 Å². The summed E-state index contributed by atoms with van der Waals surface area (Å²) in [5.41, 5.74) is 1.36. The quantitative estimate of drug-likeness (QED) is 0.129. The number of amides is 4. The second-order valence-corrected chi connectivity index (χ2v) is 9.51. The Hall–Kier alpha value is -2.94. The lowest BCUT2D eigenvalue weighted by molar-refractivity contribution is -0.139. The molecule has 0 bridgehead atoms. The highest BCUT2D eigenvalue weighted by Crippen LogP contribution is 2.21. The van der Waals surface area contributed by atoms with Gasteiger partial charge in [-0.2, -0.15) is 0 Å². The van der Waals surface area contributed by atoms with E-state index in [0.717, 1.165) is 25.7 Å². The first kappa shape index (κ1) is 29.1. The molecule has 0 heterocycles. The van der Waals surface area contributed by atoms with Crippen molar-refractivity contribution in [1.82, 2.24) is 21.4 Å². The molecular weight excluding hydrogens is 436 g/mol. The molecule has 34 heavy (non-hydrogen) atoms. The van der Waals surface area contributed by atoms with Gasteiger partial charge in [0.2, 0.25) is 17.7 Å². The lowest BCUT2D eigenvalue weighted by Gasteiger charge is -2.31. The Morgan fingerprint density at radius 2 is 1.47 bits per heavy atom. The Morgan fingerprint density at radius 3 is 2.00 bits per heavy atom. The van der Waals surface area contributed by atoms with Gasteiger partial charge in [0.05, 0.1) is 0 Å². The molecule has 0 aliphatic carbocycles. The number of rotatable bonds is 13. The van der Waals surface area contributed by atoms with Crippen LogP contribution in [-0.2, 0) is 19.2 Å². The summed E-state index contributed by atoms with van der Waals surface area (Å²) >= 11 is 0. The monoisotopic (exact) mass is 476 g/mol. The standard InChI is InChI=1S/C25H40N4O5/c1-6-7-8-9-13-16-18(21(30)28-20(24(33)26-5)25(2,3)4)27-22(31)19(23(32)29-34)17-14-11-10-12-15-17/h10-12,14-15,18-20,34H,6-9,13,16H2,1-5H3,(H,26,33)(H,27,31)(H,28,30)(H,29,32). The van der Waals surface area contributed by atoms with Crippen LogP contribution in [0.4, 0.5) is 0 Å². The average molecular weight is 477 g/mol. The van der Waals surface area contributed by atoms with E-state index in [2.05, 4.69) is 22.9 Å². The molecule has 3 atom stereocenters. The van der Waals surface area contributed by atoms with Gasteiger partial charge in [-0.25, -0.2) is 5.48 Å². The van der Waals surface area contributed by atoms with Crippen molar-refractivity contribution in [2.75, 3.05) is 7.05 Å². The van der Waals surface area contributed by atoms with Gasteiger partial charge in [-0.05, 0) is 17.4 Å². The Kier molecular flexibility index (Phi) is 12.3. The molecule has 0 radical (unpaired) electrons. The smallest absolute Gasteiger partial charge is 0.260 e. The van der Waals surface area contributed by atoms with Crippen LogP contribution in [0.3, 0.4) is 0 Å². The van der Waals surface area contributed by atoms with E-state index in [1.165, 1.54) is 12.5 Å². The fourth-order valence-electron chi connectivity index (χ4n) is 3.67. The maximum Gasteiger partial charge on any atom is 0.260 e. The van der Waals surface area contributed by atoms with Crippen LogP contribution in [0, 0.1) is 5.41 Å². The molecule has 1 rings (SSSR count). The van der Waals surface area contributed by atoms with Crippen molar-refractivity contribution < 1.29 is 24.4 Å². The van der Waals surface area contributed by atoms with Crippen molar-refractivity contribution in [1.29, 1.82) is 0 Å². The third kappa shape index (κ3) is 9.13. The van der Waals surface area contributed by atoms with Gasteiger partial charge in [0.25, 0.3) is 5.91 Å². The Bertz CT molecular complexity index is 807. The largest absolute Gasteiger partial charge is 0.357 e. The van der Waals surface area contributed by atoms with Gasteiger partial charge in [0.1, 0.15) is 18.0 Å². The number of likely N-dealkylation sites (N-methyl/N-ethyl adjacent to an activating group) is 1. The molecule has 0 saturated carbocycles. The highest BCUT2D eigenvalue weighted by atomic mass is 16.5. The molecule has 0 saturated heterocycles. The van der Waals surface area contributed by atoms with Crippen LogP contribution >= 0.6 is 0 Å². The molecule has 9 heteroatoms. The first-order chi connectivity index (χ1) is 16.1. The summed E-state index contributed by atoms with van der Waals surface area (Å²) in [6, 6.07) is 6.54. The average Bonchev–Trinajstić information content (AvgIpc) is 2.80. The minimum Gasteiger partial charge on any atom is -0.357 e. The van der Waals surface area contributed by atoms with E-state index in [9.17, 15) is 24.4 Å². The van der Waals surface area contributed by atoms with E-state index >= 15 is 0 Å². The van der Waals surface area contributed by atoms with Crippen molar-refractivity contribution in [3.63, 3.8) is 0 Å². The minimum absolute atomic E-state index is 0.337. The maximum atomic E-state index is 13.2. The number of hydrogen-bond acceptors (Lipinski definition) is 5. The molecule has 0 spiro atoms. The third-order valence-electron chi connectivity index (χ3n) is 5.66. The summed E-state index contributed by atoms with van der Waals surface area (Å²) in [7, 11) is 1.50. The zero-order chi connectivity index (χ0) is 25.7. The van der Waals surface area contributed by atoms with Crippen LogP contribution in [0.15, 0.2) is 30.3 Å². The van der Waals surface area contributed by atoms with Gasteiger partial charge >= 0.3 is 0 Å². The number of carbonyl (C=O) groups is 4. The van der Waals surface area contributed by atoms with E-state index in [-0.39, 0.29) is 5.91 Å². The SMILES string of the molecule is CCCCCCCC(NC(=O)C(C(=O)NO)c1ccccc1)C(=O)NC(C(=O)NC)C(C)(C)C. The molecule has 9 nitrogen and oxygen atoms in total. The first-order valence-electron chi connectivity index (χ1n) is 11.9. The second-order valence-electron chi connectivity index (χ2n) is 9.51. The molecule has 1 aromatic rings. The highest BCUT2D eigenvalue weighted by Gasteiger charge is 2.36. The van der Waals surface area contributed by atoms with Gasteiger partial charge in [-0.1, -0.05) is 90.1 Å². The molecule has 1 aromatic carbocycles. The molecule has 0 aromatic heterocycles. The number of unbranched alkanes of at least 4 members (excludes halogenated alkanes) is 4. The van der Waals surface area contributed by atoms with Gasteiger partial charge in [0.15, 0.2) is 0 Å². The summed E-state index contributed by atoms with van der Waals surface area (Å²) in [4.78, 5) is 51.0. The van der Waals surface area contributed by atoms with Crippen LogP contribution in [0.25, 0.3) is 0 Å². The fraction of sp³-hybridized carbons (Fsp3) is 0.600. The molecular formula is C25H40N4O5. The van der Waals surface area contributed by atoms with E-state index in [4.69, 9.17) is 0 Å². The van der Waals surface area contributed by atoms with E-state index in [1.807, 2.05) is 20.8 Å². The summed E-state index contributed by atoms with van der Waals surface area (Å²) in [6.45, 7) is 7.62. The van der Waals surface area contributed by atoms with Crippen LogP contribution in [-0.4, -0.2) is 48.0 Å². The van der Waals surface area contributed by atoms with Gasteiger partial charge in [-0.3, -0.25) is 24.4 Å². The summed E-state index contributed by atoms with van der Waals surface area (Å²) in [6.07, 6.45) is 5.12. The first-order valence-corrected chi connectivity index (χ1v) is 11.9. The molecule has 4 amide bonds. The normalized spacial score (nSPS) is 13.8. The van der Waals surface area contributed by atoms with Crippen LogP contribution in [0.1, 0.15) is 77.7 Å². The second kappa shape index (κ2) is 14.3. The minimum atomic E-state index is -1.33. The summed E-state index contributed by atoms with van der Waals surface area (Å²) in [5.74, 6) is -3.78. The Balaban J connectivity index is 3.11. The number of carbonyl (C=O) groups excluding carboxylic acids is 4. The molecule has 190 valence electrons.